The van der Waals surface area contributed by atoms with Crippen LogP contribution in [0.1, 0.15) is 51.0 Å². The molecular formula is C17H24FN. The van der Waals surface area contributed by atoms with Crippen LogP contribution in [0.25, 0.3) is 0 Å². The van der Waals surface area contributed by atoms with E-state index in [4.69, 9.17) is 0 Å². The summed E-state index contributed by atoms with van der Waals surface area (Å²) < 4.78 is 13.2. The molecule has 2 heteroatoms. The van der Waals surface area contributed by atoms with E-state index in [1.165, 1.54) is 31.0 Å². The van der Waals surface area contributed by atoms with Crippen LogP contribution in [0.2, 0.25) is 0 Å². The number of nitrogens with one attached hydrogen (secondary N) is 1. The van der Waals surface area contributed by atoms with E-state index in [1.54, 1.807) is 6.07 Å². The molecule has 1 N–H and O–H groups in total. The first-order valence-electron chi connectivity index (χ1n) is 7.58. The molecule has 104 valence electrons. The normalized spacial score (nSPS) is 28.2. The lowest BCUT2D eigenvalue weighted by molar-refractivity contribution is 0.247. The molecule has 19 heavy (non-hydrogen) atoms. The quantitative estimate of drug-likeness (QED) is 0.841. The first-order valence-corrected chi connectivity index (χ1v) is 7.58. The van der Waals surface area contributed by atoms with Crippen LogP contribution in [0.15, 0.2) is 24.3 Å². The zero-order valence-electron chi connectivity index (χ0n) is 12.0. The molecule has 0 radical (unpaired) electrons. The van der Waals surface area contributed by atoms with Gasteiger partial charge in [0.2, 0.25) is 0 Å². The monoisotopic (exact) mass is 261 g/mol. The smallest absolute Gasteiger partial charge is 0.123 e. The Balaban J connectivity index is 1.46. The topological polar surface area (TPSA) is 12.0 Å². The van der Waals surface area contributed by atoms with Crippen molar-refractivity contribution in [1.29, 1.82) is 0 Å². The fourth-order valence-electron chi connectivity index (χ4n) is 3.28. The van der Waals surface area contributed by atoms with Gasteiger partial charge in [-0.15, -0.1) is 0 Å². The van der Waals surface area contributed by atoms with E-state index < -0.39 is 0 Å². The molecule has 2 saturated carbocycles. The van der Waals surface area contributed by atoms with Crippen molar-refractivity contribution in [2.75, 3.05) is 6.54 Å². The summed E-state index contributed by atoms with van der Waals surface area (Å²) in [6, 6.07) is 7.74. The average Bonchev–Trinajstić information content (AvgIpc) is 3.08. The molecule has 0 aromatic heterocycles. The molecule has 1 aromatic carbocycles. The van der Waals surface area contributed by atoms with Gasteiger partial charge in [0, 0.05) is 12.6 Å². The van der Waals surface area contributed by atoms with Gasteiger partial charge in [0.25, 0.3) is 0 Å². The summed E-state index contributed by atoms with van der Waals surface area (Å²) in [6.07, 6.45) is 5.10. The minimum atomic E-state index is -0.106. The van der Waals surface area contributed by atoms with Gasteiger partial charge >= 0.3 is 0 Å². The molecule has 3 rings (SSSR count). The van der Waals surface area contributed by atoms with Crippen molar-refractivity contribution in [2.24, 2.45) is 11.3 Å². The van der Waals surface area contributed by atoms with Gasteiger partial charge in [-0.25, -0.2) is 4.39 Å². The predicted octanol–water partition coefficient (Wildman–Crippen LogP) is 4.10. The largest absolute Gasteiger partial charge is 0.313 e. The lowest BCUT2D eigenvalue weighted by atomic mass is 9.75. The molecule has 0 bridgehead atoms. The van der Waals surface area contributed by atoms with Crippen LogP contribution in [0.4, 0.5) is 4.39 Å². The van der Waals surface area contributed by atoms with Crippen molar-refractivity contribution in [3.05, 3.63) is 35.6 Å². The third-order valence-electron chi connectivity index (χ3n) is 5.32. The van der Waals surface area contributed by atoms with E-state index in [2.05, 4.69) is 25.2 Å². The van der Waals surface area contributed by atoms with Crippen LogP contribution in [0.3, 0.4) is 0 Å². The lowest BCUT2D eigenvalue weighted by Gasteiger charge is -2.38. The standard InChI is InChI=1S/C17H24FN/c1-12(2)17(6-7-17)11-19-16-9-14(10-16)13-4-3-5-15(18)8-13/h3-5,8,12,14,16,19H,6-7,9-11H2,1-2H3. The van der Waals surface area contributed by atoms with E-state index in [-0.39, 0.29) is 5.82 Å². The van der Waals surface area contributed by atoms with Crippen molar-refractivity contribution in [3.8, 4) is 0 Å². The highest BCUT2D eigenvalue weighted by Gasteiger charge is 2.45. The summed E-state index contributed by atoms with van der Waals surface area (Å²) in [5.74, 6) is 1.24. The van der Waals surface area contributed by atoms with Crippen LogP contribution in [-0.4, -0.2) is 12.6 Å². The fraction of sp³-hybridized carbons (Fsp3) is 0.647. The van der Waals surface area contributed by atoms with Crippen molar-refractivity contribution in [3.63, 3.8) is 0 Å². The summed E-state index contributed by atoms with van der Waals surface area (Å²) in [6.45, 7) is 5.85. The zero-order valence-corrected chi connectivity index (χ0v) is 12.0. The molecule has 0 heterocycles. The minimum absolute atomic E-state index is 0.106. The summed E-state index contributed by atoms with van der Waals surface area (Å²) in [7, 11) is 0. The molecule has 2 aliphatic rings. The van der Waals surface area contributed by atoms with Gasteiger partial charge in [-0.3, -0.25) is 0 Å². The first-order chi connectivity index (χ1) is 9.09. The fourth-order valence-corrected chi connectivity index (χ4v) is 3.28. The van der Waals surface area contributed by atoms with Gasteiger partial charge in [0.05, 0.1) is 0 Å². The molecule has 0 atom stereocenters. The highest BCUT2D eigenvalue weighted by molar-refractivity contribution is 5.23. The number of hydrogen-bond donors (Lipinski definition) is 1. The van der Waals surface area contributed by atoms with Crippen molar-refractivity contribution < 1.29 is 4.39 Å². The Bertz CT molecular complexity index is 444. The summed E-state index contributed by atoms with van der Waals surface area (Å²) >= 11 is 0. The van der Waals surface area contributed by atoms with Gasteiger partial charge < -0.3 is 5.32 Å². The third kappa shape index (κ3) is 2.69. The molecule has 1 aromatic rings. The molecule has 0 aliphatic heterocycles. The van der Waals surface area contributed by atoms with E-state index in [0.29, 0.717) is 17.4 Å². The predicted molar refractivity (Wildman–Crippen MR) is 76.7 cm³/mol. The first kappa shape index (κ1) is 13.1. The maximum Gasteiger partial charge on any atom is 0.123 e. The van der Waals surface area contributed by atoms with Crippen molar-refractivity contribution in [2.45, 2.75) is 51.5 Å². The van der Waals surface area contributed by atoms with E-state index >= 15 is 0 Å². The Morgan fingerprint density at radius 2 is 2.05 bits per heavy atom. The highest BCUT2D eigenvalue weighted by Crippen LogP contribution is 2.51. The average molecular weight is 261 g/mol. The maximum absolute atomic E-state index is 13.2. The molecule has 0 unspecified atom stereocenters. The van der Waals surface area contributed by atoms with Crippen molar-refractivity contribution in [1.82, 2.24) is 5.32 Å². The van der Waals surface area contributed by atoms with Gasteiger partial charge in [0.15, 0.2) is 0 Å². The lowest BCUT2D eigenvalue weighted by Crippen LogP contribution is -2.43. The molecule has 0 saturated heterocycles. The highest BCUT2D eigenvalue weighted by atomic mass is 19.1. The second kappa shape index (κ2) is 4.90. The second-order valence-electron chi connectivity index (χ2n) is 6.82. The Labute approximate surface area is 115 Å². The molecule has 0 amide bonds. The van der Waals surface area contributed by atoms with Crippen LogP contribution in [0, 0.1) is 17.2 Å². The third-order valence-corrected chi connectivity index (χ3v) is 5.32. The Kier molecular flexibility index (Phi) is 3.38. The van der Waals surface area contributed by atoms with Gasteiger partial charge in [-0.2, -0.15) is 0 Å². The summed E-state index contributed by atoms with van der Waals surface area (Å²) in [5, 5.41) is 3.72. The van der Waals surface area contributed by atoms with Crippen LogP contribution < -0.4 is 5.32 Å². The molecule has 2 fully saturated rings. The minimum Gasteiger partial charge on any atom is -0.313 e. The van der Waals surface area contributed by atoms with E-state index in [9.17, 15) is 4.39 Å². The van der Waals surface area contributed by atoms with Crippen molar-refractivity contribution >= 4 is 0 Å². The molecule has 2 aliphatic carbocycles. The summed E-state index contributed by atoms with van der Waals surface area (Å²) in [5.41, 5.74) is 1.76. The van der Waals surface area contributed by atoms with Crippen LogP contribution in [0.5, 0.6) is 0 Å². The SMILES string of the molecule is CC(C)C1(CNC2CC(c3cccc(F)c3)C2)CC1. The number of halogens is 1. The Hall–Kier alpha value is -0.890. The number of benzene rings is 1. The van der Waals surface area contributed by atoms with E-state index in [0.717, 1.165) is 18.8 Å². The van der Waals surface area contributed by atoms with Gasteiger partial charge in [-0.1, -0.05) is 26.0 Å². The molecule has 0 spiro atoms. The van der Waals surface area contributed by atoms with Gasteiger partial charge in [0.1, 0.15) is 5.82 Å². The Morgan fingerprint density at radius 3 is 2.63 bits per heavy atom. The van der Waals surface area contributed by atoms with Crippen LogP contribution in [-0.2, 0) is 0 Å². The molecule has 1 nitrogen and oxygen atoms in total. The Morgan fingerprint density at radius 1 is 1.32 bits per heavy atom. The van der Waals surface area contributed by atoms with Gasteiger partial charge in [-0.05, 0) is 60.6 Å². The molecular weight excluding hydrogens is 237 g/mol. The van der Waals surface area contributed by atoms with E-state index in [1.807, 2.05) is 6.07 Å². The second-order valence-corrected chi connectivity index (χ2v) is 6.82. The number of rotatable bonds is 5. The number of hydrogen-bond acceptors (Lipinski definition) is 1. The summed E-state index contributed by atoms with van der Waals surface area (Å²) in [4.78, 5) is 0. The maximum atomic E-state index is 13.2. The van der Waals surface area contributed by atoms with Crippen LogP contribution >= 0.6 is 0 Å². The zero-order chi connectivity index (χ0) is 13.5.